The monoisotopic (exact) mass is 240 g/mol. The molecular formula is C11H16N2O4. The van der Waals surface area contributed by atoms with E-state index in [1.807, 2.05) is 6.92 Å². The SMILES string of the molecule is CC(NCC(O)CO)c1cccc([N+](=O)[O-])c1. The van der Waals surface area contributed by atoms with Crippen molar-refractivity contribution in [3.63, 3.8) is 0 Å². The Morgan fingerprint density at radius 3 is 2.82 bits per heavy atom. The number of aliphatic hydroxyl groups excluding tert-OH is 2. The number of hydrogen-bond donors (Lipinski definition) is 3. The highest BCUT2D eigenvalue weighted by molar-refractivity contribution is 5.35. The third kappa shape index (κ3) is 4.10. The van der Waals surface area contributed by atoms with Gasteiger partial charge in [-0.05, 0) is 12.5 Å². The first-order valence-corrected chi connectivity index (χ1v) is 5.31. The number of non-ortho nitro benzene ring substituents is 1. The van der Waals surface area contributed by atoms with Crippen molar-refractivity contribution in [2.45, 2.75) is 19.1 Å². The number of rotatable bonds is 6. The topological polar surface area (TPSA) is 95.6 Å². The van der Waals surface area contributed by atoms with Crippen molar-refractivity contribution in [1.29, 1.82) is 0 Å². The summed E-state index contributed by atoms with van der Waals surface area (Å²) < 4.78 is 0. The maximum Gasteiger partial charge on any atom is 0.269 e. The summed E-state index contributed by atoms with van der Waals surface area (Å²) in [6.45, 7) is 1.76. The maximum absolute atomic E-state index is 10.6. The number of nitrogens with one attached hydrogen (secondary N) is 1. The highest BCUT2D eigenvalue weighted by Crippen LogP contribution is 2.18. The molecule has 0 saturated carbocycles. The van der Waals surface area contributed by atoms with Crippen LogP contribution in [0.25, 0.3) is 0 Å². The molecule has 2 atom stereocenters. The predicted molar refractivity (Wildman–Crippen MR) is 62.6 cm³/mol. The second kappa shape index (κ2) is 6.29. The molecule has 0 bridgehead atoms. The molecule has 6 nitrogen and oxygen atoms in total. The number of nitro groups is 1. The van der Waals surface area contributed by atoms with Gasteiger partial charge in [-0.25, -0.2) is 0 Å². The van der Waals surface area contributed by atoms with E-state index in [9.17, 15) is 15.2 Å². The Kier molecular flexibility index (Phi) is 5.02. The highest BCUT2D eigenvalue weighted by Gasteiger charge is 2.11. The largest absolute Gasteiger partial charge is 0.394 e. The third-order valence-corrected chi connectivity index (χ3v) is 2.45. The molecule has 0 fully saturated rings. The van der Waals surface area contributed by atoms with Gasteiger partial charge in [-0.1, -0.05) is 12.1 Å². The first kappa shape index (κ1) is 13.6. The molecule has 0 spiro atoms. The average molecular weight is 240 g/mol. The molecule has 1 aromatic carbocycles. The smallest absolute Gasteiger partial charge is 0.269 e. The molecule has 0 radical (unpaired) electrons. The van der Waals surface area contributed by atoms with Crippen LogP contribution in [0.5, 0.6) is 0 Å². The number of benzene rings is 1. The fourth-order valence-corrected chi connectivity index (χ4v) is 1.40. The van der Waals surface area contributed by atoms with Gasteiger partial charge in [-0.2, -0.15) is 0 Å². The molecule has 0 saturated heterocycles. The fourth-order valence-electron chi connectivity index (χ4n) is 1.40. The Labute approximate surface area is 99.0 Å². The van der Waals surface area contributed by atoms with E-state index in [1.54, 1.807) is 12.1 Å². The molecule has 2 unspecified atom stereocenters. The Bertz CT molecular complexity index is 383. The molecule has 17 heavy (non-hydrogen) atoms. The van der Waals surface area contributed by atoms with Gasteiger partial charge in [-0.15, -0.1) is 0 Å². The number of aliphatic hydroxyl groups is 2. The first-order chi connectivity index (χ1) is 8.04. The summed E-state index contributed by atoms with van der Waals surface area (Å²) in [5.41, 5.74) is 0.809. The van der Waals surface area contributed by atoms with Crippen LogP contribution in [0, 0.1) is 10.1 Å². The van der Waals surface area contributed by atoms with E-state index in [-0.39, 0.29) is 24.9 Å². The number of hydrogen-bond acceptors (Lipinski definition) is 5. The summed E-state index contributed by atoms with van der Waals surface area (Å²) in [6, 6.07) is 6.18. The van der Waals surface area contributed by atoms with Crippen molar-refractivity contribution in [1.82, 2.24) is 5.32 Å². The van der Waals surface area contributed by atoms with Crippen molar-refractivity contribution < 1.29 is 15.1 Å². The van der Waals surface area contributed by atoms with Crippen LogP contribution < -0.4 is 5.32 Å². The molecule has 3 N–H and O–H groups in total. The predicted octanol–water partition coefficient (Wildman–Crippen LogP) is 0.599. The minimum absolute atomic E-state index is 0.0406. The number of nitro benzene ring substituents is 1. The second-order valence-corrected chi connectivity index (χ2v) is 3.82. The third-order valence-electron chi connectivity index (χ3n) is 2.45. The van der Waals surface area contributed by atoms with Gasteiger partial charge in [0, 0.05) is 24.7 Å². The average Bonchev–Trinajstić information content (AvgIpc) is 2.35. The maximum atomic E-state index is 10.6. The Morgan fingerprint density at radius 2 is 2.24 bits per heavy atom. The first-order valence-electron chi connectivity index (χ1n) is 5.31. The van der Waals surface area contributed by atoms with Crippen molar-refractivity contribution >= 4 is 5.69 Å². The van der Waals surface area contributed by atoms with Crippen LogP contribution >= 0.6 is 0 Å². The standard InChI is InChI=1S/C11H16N2O4/c1-8(12-6-11(15)7-14)9-3-2-4-10(5-9)13(16)17/h2-5,8,11-12,14-15H,6-7H2,1H3. The summed E-state index contributed by atoms with van der Waals surface area (Å²) in [4.78, 5) is 10.2. The molecule has 0 amide bonds. The Hall–Kier alpha value is -1.50. The normalized spacial score (nSPS) is 14.3. The zero-order chi connectivity index (χ0) is 12.8. The van der Waals surface area contributed by atoms with Gasteiger partial charge in [-0.3, -0.25) is 10.1 Å². The fraction of sp³-hybridized carbons (Fsp3) is 0.455. The van der Waals surface area contributed by atoms with Gasteiger partial charge < -0.3 is 15.5 Å². The van der Waals surface area contributed by atoms with E-state index >= 15 is 0 Å². The van der Waals surface area contributed by atoms with Gasteiger partial charge in [0.05, 0.1) is 17.6 Å². The molecule has 94 valence electrons. The van der Waals surface area contributed by atoms with Crippen LogP contribution in [0.1, 0.15) is 18.5 Å². The van der Waals surface area contributed by atoms with E-state index in [0.29, 0.717) is 0 Å². The minimum Gasteiger partial charge on any atom is -0.394 e. The Morgan fingerprint density at radius 1 is 1.53 bits per heavy atom. The van der Waals surface area contributed by atoms with Gasteiger partial charge >= 0.3 is 0 Å². The van der Waals surface area contributed by atoms with Crippen LogP contribution in [-0.2, 0) is 0 Å². The van der Waals surface area contributed by atoms with Crippen molar-refractivity contribution in [3.05, 3.63) is 39.9 Å². The molecule has 0 aromatic heterocycles. The summed E-state index contributed by atoms with van der Waals surface area (Å²) in [5.74, 6) is 0. The van der Waals surface area contributed by atoms with Gasteiger partial charge in [0.15, 0.2) is 0 Å². The zero-order valence-corrected chi connectivity index (χ0v) is 9.54. The zero-order valence-electron chi connectivity index (χ0n) is 9.54. The van der Waals surface area contributed by atoms with Crippen LogP contribution in [0.15, 0.2) is 24.3 Å². The summed E-state index contributed by atoms with van der Waals surface area (Å²) >= 11 is 0. The van der Waals surface area contributed by atoms with Gasteiger partial charge in [0.2, 0.25) is 0 Å². The lowest BCUT2D eigenvalue weighted by atomic mass is 10.1. The summed E-state index contributed by atoms with van der Waals surface area (Å²) in [7, 11) is 0. The van der Waals surface area contributed by atoms with E-state index in [2.05, 4.69) is 5.32 Å². The van der Waals surface area contributed by atoms with Gasteiger partial charge in [0.1, 0.15) is 0 Å². The lowest BCUT2D eigenvalue weighted by Gasteiger charge is -2.16. The molecule has 0 aliphatic carbocycles. The lowest BCUT2D eigenvalue weighted by Crippen LogP contribution is -2.31. The van der Waals surface area contributed by atoms with E-state index < -0.39 is 11.0 Å². The Balaban J connectivity index is 2.65. The number of nitrogens with zero attached hydrogens (tertiary/aromatic N) is 1. The van der Waals surface area contributed by atoms with Crippen molar-refractivity contribution in [3.8, 4) is 0 Å². The van der Waals surface area contributed by atoms with Crippen LogP contribution in [-0.4, -0.2) is 34.4 Å². The van der Waals surface area contributed by atoms with Crippen LogP contribution in [0.3, 0.4) is 0 Å². The molecule has 0 heterocycles. The molecule has 0 aliphatic heterocycles. The van der Waals surface area contributed by atoms with E-state index in [0.717, 1.165) is 5.56 Å². The summed E-state index contributed by atoms with van der Waals surface area (Å²) in [6.07, 6.45) is -0.823. The van der Waals surface area contributed by atoms with Crippen molar-refractivity contribution in [2.75, 3.05) is 13.2 Å². The summed E-state index contributed by atoms with van der Waals surface area (Å²) in [5, 5.41) is 31.4. The molecule has 0 aliphatic rings. The molecular weight excluding hydrogens is 224 g/mol. The quantitative estimate of drug-likeness (QED) is 0.500. The lowest BCUT2D eigenvalue weighted by molar-refractivity contribution is -0.384. The van der Waals surface area contributed by atoms with Crippen LogP contribution in [0.4, 0.5) is 5.69 Å². The molecule has 1 aromatic rings. The van der Waals surface area contributed by atoms with E-state index in [4.69, 9.17) is 5.11 Å². The molecule has 1 rings (SSSR count). The van der Waals surface area contributed by atoms with Gasteiger partial charge in [0.25, 0.3) is 5.69 Å². The van der Waals surface area contributed by atoms with Crippen molar-refractivity contribution in [2.24, 2.45) is 0 Å². The van der Waals surface area contributed by atoms with Crippen LogP contribution in [0.2, 0.25) is 0 Å². The highest BCUT2D eigenvalue weighted by atomic mass is 16.6. The minimum atomic E-state index is -0.823. The second-order valence-electron chi connectivity index (χ2n) is 3.82. The van der Waals surface area contributed by atoms with E-state index in [1.165, 1.54) is 12.1 Å². The molecule has 6 heteroatoms.